The van der Waals surface area contributed by atoms with Crippen LogP contribution in [-0.2, 0) is 10.0 Å². The molecule has 0 radical (unpaired) electrons. The highest BCUT2D eigenvalue weighted by Gasteiger charge is 2.22. The number of carbonyl (C=O) groups excluding carboxylic acids is 1. The van der Waals surface area contributed by atoms with E-state index < -0.39 is 15.9 Å². The number of hydrogen-bond acceptors (Lipinski definition) is 6. The summed E-state index contributed by atoms with van der Waals surface area (Å²) in [5, 5.41) is 11.3. The first-order chi connectivity index (χ1) is 10.2. The number of carbonyl (C=O) groups is 1. The molecule has 1 aromatic carbocycles. The standard InChI is InChI=1S/C12H13BrN4O3S2/c1-7-15-16-12(21-7)14-11(18)8-4-5-9(13)10(6-8)22(19,20)17(2)3/h4-6H,1-3H3,(H,14,16,18). The zero-order valence-corrected chi connectivity index (χ0v) is 15.2. The van der Waals surface area contributed by atoms with Crippen LogP contribution in [-0.4, -0.2) is 42.9 Å². The number of aromatic nitrogens is 2. The van der Waals surface area contributed by atoms with Crippen LogP contribution in [0, 0.1) is 6.92 Å². The topological polar surface area (TPSA) is 92.3 Å². The molecule has 7 nitrogen and oxygen atoms in total. The monoisotopic (exact) mass is 404 g/mol. The molecule has 10 heteroatoms. The van der Waals surface area contributed by atoms with Gasteiger partial charge in [-0.25, -0.2) is 12.7 Å². The van der Waals surface area contributed by atoms with Gasteiger partial charge in [0.25, 0.3) is 5.91 Å². The summed E-state index contributed by atoms with van der Waals surface area (Å²) in [6, 6.07) is 4.38. The molecule has 118 valence electrons. The lowest BCUT2D eigenvalue weighted by atomic mass is 10.2. The Morgan fingerprint density at radius 2 is 2.00 bits per heavy atom. The Hall–Kier alpha value is -1.36. The van der Waals surface area contributed by atoms with Gasteiger partial charge >= 0.3 is 0 Å². The largest absolute Gasteiger partial charge is 0.296 e. The van der Waals surface area contributed by atoms with Crippen LogP contribution in [0.3, 0.4) is 0 Å². The molecule has 0 aliphatic heterocycles. The lowest BCUT2D eigenvalue weighted by Crippen LogP contribution is -2.23. The molecule has 1 aromatic heterocycles. The van der Waals surface area contributed by atoms with Gasteiger partial charge in [0.1, 0.15) is 5.01 Å². The number of benzene rings is 1. The number of rotatable bonds is 4. The fourth-order valence-electron chi connectivity index (χ4n) is 1.56. The van der Waals surface area contributed by atoms with E-state index in [0.29, 0.717) is 9.60 Å². The maximum Gasteiger partial charge on any atom is 0.257 e. The van der Waals surface area contributed by atoms with E-state index in [1.807, 2.05) is 0 Å². The van der Waals surface area contributed by atoms with Crippen molar-refractivity contribution >= 4 is 48.3 Å². The predicted octanol–water partition coefficient (Wildman–Crippen LogP) is 2.11. The van der Waals surface area contributed by atoms with Crippen LogP contribution in [0.15, 0.2) is 27.6 Å². The number of amides is 1. The maximum absolute atomic E-state index is 12.2. The molecule has 0 spiro atoms. The Bertz CT molecular complexity index is 818. The van der Waals surface area contributed by atoms with Gasteiger partial charge < -0.3 is 0 Å². The van der Waals surface area contributed by atoms with Crippen LogP contribution in [0.5, 0.6) is 0 Å². The fraction of sp³-hybridized carbons (Fsp3) is 0.250. The number of nitrogens with zero attached hydrogens (tertiary/aromatic N) is 3. The Labute approximate surface area is 140 Å². The molecule has 2 aromatic rings. The second kappa shape index (κ2) is 6.41. The summed E-state index contributed by atoms with van der Waals surface area (Å²) in [5.74, 6) is -0.446. The molecular formula is C12H13BrN4O3S2. The number of nitrogens with one attached hydrogen (secondary N) is 1. The maximum atomic E-state index is 12.2. The zero-order valence-electron chi connectivity index (χ0n) is 12.0. The number of anilines is 1. The molecule has 0 bridgehead atoms. The number of halogens is 1. The van der Waals surface area contributed by atoms with Crippen molar-refractivity contribution in [3.63, 3.8) is 0 Å². The van der Waals surface area contributed by atoms with Gasteiger partial charge in [0, 0.05) is 24.1 Å². The number of hydrogen-bond donors (Lipinski definition) is 1. The molecule has 0 saturated heterocycles. The first kappa shape index (κ1) is 17.0. The molecule has 0 atom stereocenters. The summed E-state index contributed by atoms with van der Waals surface area (Å²) in [4.78, 5) is 12.2. The average molecular weight is 405 g/mol. The quantitative estimate of drug-likeness (QED) is 0.841. The minimum Gasteiger partial charge on any atom is -0.296 e. The van der Waals surface area contributed by atoms with Crippen molar-refractivity contribution in [1.29, 1.82) is 0 Å². The molecule has 0 fully saturated rings. The Morgan fingerprint density at radius 1 is 1.32 bits per heavy atom. The van der Waals surface area contributed by atoms with Gasteiger partial charge in [-0.3, -0.25) is 10.1 Å². The summed E-state index contributed by atoms with van der Waals surface area (Å²) in [6.45, 7) is 1.77. The number of sulfonamides is 1. The number of aryl methyl sites for hydroxylation is 1. The molecule has 1 N–H and O–H groups in total. The molecule has 2 rings (SSSR count). The molecule has 1 heterocycles. The van der Waals surface area contributed by atoms with Crippen molar-refractivity contribution in [1.82, 2.24) is 14.5 Å². The van der Waals surface area contributed by atoms with E-state index in [1.54, 1.807) is 6.92 Å². The van der Waals surface area contributed by atoms with Crippen molar-refractivity contribution in [2.45, 2.75) is 11.8 Å². The summed E-state index contributed by atoms with van der Waals surface area (Å²) in [6.07, 6.45) is 0. The molecule has 0 unspecified atom stereocenters. The van der Waals surface area contributed by atoms with E-state index in [0.717, 1.165) is 9.31 Å². The summed E-state index contributed by atoms with van der Waals surface area (Å²) in [5.41, 5.74) is 0.219. The van der Waals surface area contributed by atoms with Crippen LogP contribution in [0.2, 0.25) is 0 Å². The van der Waals surface area contributed by atoms with Crippen LogP contribution < -0.4 is 5.32 Å². The molecule has 0 aliphatic carbocycles. The summed E-state index contributed by atoms with van der Waals surface area (Å²) in [7, 11) is -0.793. The molecular weight excluding hydrogens is 392 g/mol. The Balaban J connectivity index is 2.35. The van der Waals surface area contributed by atoms with Gasteiger partial charge in [-0.05, 0) is 41.1 Å². The average Bonchev–Trinajstić information content (AvgIpc) is 2.84. The smallest absolute Gasteiger partial charge is 0.257 e. The van der Waals surface area contributed by atoms with Crippen molar-refractivity contribution in [3.05, 3.63) is 33.2 Å². The van der Waals surface area contributed by atoms with E-state index in [9.17, 15) is 13.2 Å². The van der Waals surface area contributed by atoms with Gasteiger partial charge in [0.2, 0.25) is 15.2 Å². The third-order valence-corrected chi connectivity index (χ3v) is 6.26. The lowest BCUT2D eigenvalue weighted by molar-refractivity contribution is 0.102. The molecule has 0 aliphatic rings. The lowest BCUT2D eigenvalue weighted by Gasteiger charge is -2.13. The van der Waals surface area contributed by atoms with E-state index in [2.05, 4.69) is 31.4 Å². The SMILES string of the molecule is Cc1nnc(NC(=O)c2ccc(Br)c(S(=O)(=O)N(C)C)c2)s1. The van der Waals surface area contributed by atoms with Gasteiger partial charge in [0.05, 0.1) is 4.90 Å². The van der Waals surface area contributed by atoms with E-state index >= 15 is 0 Å². The van der Waals surface area contributed by atoms with E-state index in [-0.39, 0.29) is 10.5 Å². The van der Waals surface area contributed by atoms with Crippen molar-refractivity contribution < 1.29 is 13.2 Å². The Morgan fingerprint density at radius 3 is 2.55 bits per heavy atom. The summed E-state index contributed by atoms with van der Waals surface area (Å²) >= 11 is 4.43. The van der Waals surface area contributed by atoms with E-state index in [1.165, 1.54) is 43.6 Å². The van der Waals surface area contributed by atoms with Gasteiger partial charge in [-0.15, -0.1) is 10.2 Å². The third-order valence-electron chi connectivity index (χ3n) is 2.70. The van der Waals surface area contributed by atoms with Crippen molar-refractivity contribution in [2.75, 3.05) is 19.4 Å². The van der Waals surface area contributed by atoms with E-state index in [4.69, 9.17) is 0 Å². The molecule has 22 heavy (non-hydrogen) atoms. The molecule has 0 saturated carbocycles. The third kappa shape index (κ3) is 3.51. The minimum atomic E-state index is -3.65. The first-order valence-corrected chi connectivity index (χ1v) is 9.10. The highest BCUT2D eigenvalue weighted by Crippen LogP contribution is 2.26. The van der Waals surface area contributed by atoms with Crippen LogP contribution in [0.1, 0.15) is 15.4 Å². The second-order valence-electron chi connectivity index (χ2n) is 4.51. The van der Waals surface area contributed by atoms with Crippen molar-refractivity contribution in [3.8, 4) is 0 Å². The molecule has 1 amide bonds. The van der Waals surface area contributed by atoms with Gasteiger partial charge in [-0.2, -0.15) is 0 Å². The Kier molecular flexibility index (Phi) is 4.95. The highest BCUT2D eigenvalue weighted by molar-refractivity contribution is 9.10. The fourth-order valence-corrected chi connectivity index (χ4v) is 3.99. The second-order valence-corrected chi connectivity index (χ2v) is 8.67. The predicted molar refractivity (Wildman–Crippen MR) is 87.6 cm³/mol. The highest BCUT2D eigenvalue weighted by atomic mass is 79.9. The van der Waals surface area contributed by atoms with Crippen LogP contribution in [0.25, 0.3) is 0 Å². The van der Waals surface area contributed by atoms with Crippen LogP contribution >= 0.6 is 27.3 Å². The van der Waals surface area contributed by atoms with Gasteiger partial charge in [-0.1, -0.05) is 11.3 Å². The van der Waals surface area contributed by atoms with Crippen LogP contribution in [0.4, 0.5) is 5.13 Å². The normalized spacial score (nSPS) is 11.7. The zero-order chi connectivity index (χ0) is 16.5. The van der Waals surface area contributed by atoms with Crippen molar-refractivity contribution in [2.24, 2.45) is 0 Å². The minimum absolute atomic E-state index is 0.0265. The summed E-state index contributed by atoms with van der Waals surface area (Å²) < 4.78 is 25.9. The first-order valence-electron chi connectivity index (χ1n) is 6.05. The van der Waals surface area contributed by atoms with Gasteiger partial charge in [0.15, 0.2) is 0 Å².